The number of methoxy groups -OCH3 is 1. The van der Waals surface area contributed by atoms with Crippen LogP contribution in [0.2, 0.25) is 0 Å². The topological polar surface area (TPSA) is 108 Å². The first-order valence-electron chi connectivity index (χ1n) is 7.97. The van der Waals surface area contributed by atoms with Crippen LogP contribution in [0.5, 0.6) is 5.75 Å². The van der Waals surface area contributed by atoms with Crippen molar-refractivity contribution in [2.24, 2.45) is 0 Å². The molecule has 27 heavy (non-hydrogen) atoms. The molecular weight excluding hydrogens is 352 g/mol. The molecule has 0 unspecified atom stereocenters. The number of nitrogens with one attached hydrogen (secondary N) is 1. The Morgan fingerprint density at radius 2 is 1.78 bits per heavy atom. The Balaban J connectivity index is 1.73. The Labute approximate surface area is 155 Å². The van der Waals surface area contributed by atoms with Gasteiger partial charge in [-0.25, -0.2) is 4.79 Å². The summed E-state index contributed by atoms with van der Waals surface area (Å²) in [5.41, 5.74) is 1.44. The number of hydrogen-bond acceptors (Lipinski definition) is 6. The van der Waals surface area contributed by atoms with E-state index >= 15 is 0 Å². The maximum Gasteiger partial charge on any atom is 0.331 e. The average molecular weight is 370 g/mol. The highest BCUT2D eigenvalue weighted by Crippen LogP contribution is 2.13. The highest BCUT2D eigenvalue weighted by molar-refractivity contribution is 5.89. The zero-order valence-corrected chi connectivity index (χ0v) is 14.6. The maximum atomic E-state index is 11.7. The molecule has 0 aliphatic rings. The number of esters is 1. The molecule has 0 atom stereocenters. The van der Waals surface area contributed by atoms with Crippen LogP contribution in [-0.4, -0.2) is 30.5 Å². The van der Waals surface area contributed by atoms with E-state index in [0.717, 1.165) is 17.4 Å². The third-order valence-corrected chi connectivity index (χ3v) is 3.51. The number of nitro benzene ring substituents is 1. The van der Waals surface area contributed by atoms with Crippen molar-refractivity contribution in [3.05, 3.63) is 75.8 Å². The summed E-state index contributed by atoms with van der Waals surface area (Å²) in [6, 6.07) is 12.9. The van der Waals surface area contributed by atoms with Crippen molar-refractivity contribution in [2.75, 3.05) is 13.7 Å². The molecule has 1 amide bonds. The van der Waals surface area contributed by atoms with E-state index in [2.05, 4.69) is 5.32 Å². The smallest absolute Gasteiger partial charge is 0.331 e. The highest BCUT2D eigenvalue weighted by Gasteiger charge is 2.06. The third kappa shape index (κ3) is 6.62. The quantitative estimate of drug-likeness (QED) is 0.331. The van der Waals surface area contributed by atoms with E-state index in [1.54, 1.807) is 19.2 Å². The van der Waals surface area contributed by atoms with Gasteiger partial charge in [0.1, 0.15) is 5.75 Å². The number of nitrogens with zero attached hydrogens (tertiary/aromatic N) is 1. The van der Waals surface area contributed by atoms with Crippen LogP contribution in [-0.2, 0) is 20.9 Å². The zero-order chi connectivity index (χ0) is 19.6. The summed E-state index contributed by atoms with van der Waals surface area (Å²) in [5.74, 6) is -0.394. The molecule has 0 saturated carbocycles. The minimum atomic E-state index is -0.687. The average Bonchev–Trinajstić information content (AvgIpc) is 2.69. The maximum absolute atomic E-state index is 11.7. The lowest BCUT2D eigenvalue weighted by Gasteiger charge is -2.06. The van der Waals surface area contributed by atoms with Crippen molar-refractivity contribution in [3.8, 4) is 5.75 Å². The van der Waals surface area contributed by atoms with Crippen LogP contribution in [0.4, 0.5) is 5.69 Å². The van der Waals surface area contributed by atoms with Crippen molar-refractivity contribution in [1.29, 1.82) is 0 Å². The highest BCUT2D eigenvalue weighted by atomic mass is 16.6. The number of carbonyl (C=O) groups excluding carboxylic acids is 2. The Kier molecular flexibility index (Phi) is 7.07. The van der Waals surface area contributed by atoms with Crippen LogP contribution in [0.1, 0.15) is 11.1 Å². The van der Waals surface area contributed by atoms with Crippen molar-refractivity contribution < 1.29 is 24.0 Å². The molecule has 2 aromatic rings. The van der Waals surface area contributed by atoms with Gasteiger partial charge in [-0.2, -0.15) is 0 Å². The predicted octanol–water partition coefficient (Wildman–Crippen LogP) is 2.48. The Bertz CT molecular complexity index is 828. The molecular formula is C19H18N2O6. The first-order valence-corrected chi connectivity index (χ1v) is 7.97. The molecule has 0 bridgehead atoms. The Morgan fingerprint density at radius 3 is 2.37 bits per heavy atom. The molecule has 140 valence electrons. The van der Waals surface area contributed by atoms with Gasteiger partial charge in [-0.3, -0.25) is 14.9 Å². The molecule has 0 spiro atoms. The van der Waals surface area contributed by atoms with Crippen LogP contribution in [0.15, 0.2) is 54.6 Å². The number of ether oxygens (including phenoxy) is 2. The van der Waals surface area contributed by atoms with Crippen LogP contribution in [0, 0.1) is 10.1 Å². The lowest BCUT2D eigenvalue weighted by Crippen LogP contribution is -2.28. The Hall–Kier alpha value is -3.68. The summed E-state index contributed by atoms with van der Waals surface area (Å²) in [4.78, 5) is 33.4. The lowest BCUT2D eigenvalue weighted by atomic mass is 10.2. The van der Waals surface area contributed by atoms with Crippen LogP contribution >= 0.6 is 0 Å². The van der Waals surface area contributed by atoms with Crippen LogP contribution in [0.25, 0.3) is 6.08 Å². The van der Waals surface area contributed by atoms with Gasteiger partial charge < -0.3 is 14.8 Å². The van der Waals surface area contributed by atoms with Gasteiger partial charge in [0.05, 0.1) is 12.0 Å². The number of amides is 1. The predicted molar refractivity (Wildman–Crippen MR) is 97.9 cm³/mol. The summed E-state index contributed by atoms with van der Waals surface area (Å²) in [7, 11) is 1.57. The summed E-state index contributed by atoms with van der Waals surface area (Å²) in [6.45, 7) is -0.0986. The number of hydrogen-bond donors (Lipinski definition) is 1. The van der Waals surface area contributed by atoms with Crippen molar-refractivity contribution in [3.63, 3.8) is 0 Å². The van der Waals surface area contributed by atoms with Gasteiger partial charge in [0.25, 0.3) is 11.6 Å². The summed E-state index contributed by atoms with van der Waals surface area (Å²) < 4.78 is 9.90. The normalized spacial score (nSPS) is 10.4. The van der Waals surface area contributed by atoms with E-state index in [1.165, 1.54) is 30.3 Å². The minimum absolute atomic E-state index is 0.0387. The molecule has 0 fully saturated rings. The second-order valence-corrected chi connectivity index (χ2v) is 5.41. The van der Waals surface area contributed by atoms with Gasteiger partial charge in [0, 0.05) is 24.8 Å². The fourth-order valence-electron chi connectivity index (χ4n) is 2.05. The molecule has 0 aliphatic heterocycles. The minimum Gasteiger partial charge on any atom is -0.497 e. The molecule has 0 radical (unpaired) electrons. The fraction of sp³-hybridized carbons (Fsp3) is 0.158. The second-order valence-electron chi connectivity index (χ2n) is 5.41. The number of rotatable bonds is 8. The number of non-ortho nitro benzene ring substituents is 1. The third-order valence-electron chi connectivity index (χ3n) is 3.51. The second kappa shape index (κ2) is 9.71. The monoisotopic (exact) mass is 370 g/mol. The SMILES string of the molecule is COc1ccc(CNC(=O)COC(=O)/C=C/c2ccc([N+](=O)[O-])cc2)cc1. The van der Waals surface area contributed by atoms with Crippen molar-refractivity contribution in [2.45, 2.75) is 6.54 Å². The molecule has 0 aromatic heterocycles. The van der Waals surface area contributed by atoms with E-state index in [4.69, 9.17) is 9.47 Å². The molecule has 0 saturated heterocycles. The molecule has 0 heterocycles. The van der Waals surface area contributed by atoms with E-state index in [0.29, 0.717) is 12.1 Å². The van der Waals surface area contributed by atoms with Gasteiger partial charge in [-0.05, 0) is 41.5 Å². The van der Waals surface area contributed by atoms with Crippen molar-refractivity contribution >= 4 is 23.6 Å². The Morgan fingerprint density at radius 1 is 1.11 bits per heavy atom. The van der Waals surface area contributed by atoms with Gasteiger partial charge in [0.15, 0.2) is 6.61 Å². The first-order chi connectivity index (χ1) is 13.0. The first kappa shape index (κ1) is 19.6. The van der Waals surface area contributed by atoms with Gasteiger partial charge >= 0.3 is 5.97 Å². The summed E-state index contributed by atoms with van der Waals surface area (Å²) in [6.07, 6.45) is 2.60. The van der Waals surface area contributed by atoms with Gasteiger partial charge in [-0.15, -0.1) is 0 Å². The standard InChI is InChI=1S/C19H18N2O6/c1-26-17-9-4-15(5-10-17)12-20-18(22)13-27-19(23)11-6-14-2-7-16(8-3-14)21(24)25/h2-11H,12-13H2,1H3,(H,20,22)/b11-6+. The molecule has 8 heteroatoms. The molecule has 0 aliphatic carbocycles. The van der Waals surface area contributed by atoms with Crippen LogP contribution in [0.3, 0.4) is 0 Å². The van der Waals surface area contributed by atoms with E-state index in [1.807, 2.05) is 12.1 Å². The molecule has 8 nitrogen and oxygen atoms in total. The summed E-state index contributed by atoms with van der Waals surface area (Å²) >= 11 is 0. The van der Waals surface area contributed by atoms with E-state index in [-0.39, 0.29) is 5.69 Å². The lowest BCUT2D eigenvalue weighted by molar-refractivity contribution is -0.384. The molecule has 2 rings (SSSR count). The van der Waals surface area contributed by atoms with Gasteiger partial charge in [0.2, 0.25) is 0 Å². The van der Waals surface area contributed by atoms with E-state index in [9.17, 15) is 19.7 Å². The zero-order valence-electron chi connectivity index (χ0n) is 14.6. The largest absolute Gasteiger partial charge is 0.497 e. The number of benzene rings is 2. The number of carbonyl (C=O) groups is 2. The van der Waals surface area contributed by atoms with E-state index < -0.39 is 23.4 Å². The van der Waals surface area contributed by atoms with Crippen LogP contribution < -0.4 is 10.1 Å². The summed E-state index contributed by atoms with van der Waals surface area (Å²) in [5, 5.41) is 13.2. The van der Waals surface area contributed by atoms with Gasteiger partial charge in [-0.1, -0.05) is 12.1 Å². The number of nitro groups is 1. The van der Waals surface area contributed by atoms with Crippen molar-refractivity contribution in [1.82, 2.24) is 5.32 Å². The molecule has 2 aromatic carbocycles. The molecule has 1 N–H and O–H groups in total. The fourth-order valence-corrected chi connectivity index (χ4v) is 2.05.